The molecule has 1 aromatic rings. The van der Waals surface area contributed by atoms with Crippen molar-refractivity contribution in [2.24, 2.45) is 0 Å². The lowest BCUT2D eigenvalue weighted by molar-refractivity contribution is -0.131. The van der Waals surface area contributed by atoms with Gasteiger partial charge in [0.1, 0.15) is 4.90 Å². The first-order chi connectivity index (χ1) is 11.5. The van der Waals surface area contributed by atoms with Gasteiger partial charge in [0.25, 0.3) is 0 Å². The van der Waals surface area contributed by atoms with E-state index in [2.05, 4.69) is 5.32 Å². The van der Waals surface area contributed by atoms with Gasteiger partial charge in [-0.1, -0.05) is 23.7 Å². The number of carbonyl (C=O) groups is 1. The topological polar surface area (TPSA) is 79.0 Å². The van der Waals surface area contributed by atoms with Crippen LogP contribution in [-0.2, 0) is 19.6 Å². The van der Waals surface area contributed by atoms with E-state index in [0.29, 0.717) is 26.2 Å². The summed E-state index contributed by atoms with van der Waals surface area (Å²) in [4.78, 5) is 13.8. The summed E-state index contributed by atoms with van der Waals surface area (Å²) in [6.07, 6.45) is 0. The molecule has 1 amide bonds. The monoisotopic (exact) mass is 375 g/mol. The zero-order valence-electron chi connectivity index (χ0n) is 13.6. The van der Waals surface area contributed by atoms with Gasteiger partial charge < -0.3 is 15.0 Å². The van der Waals surface area contributed by atoms with Gasteiger partial charge in [0, 0.05) is 39.8 Å². The van der Waals surface area contributed by atoms with Crippen LogP contribution in [0.4, 0.5) is 0 Å². The summed E-state index contributed by atoms with van der Waals surface area (Å²) in [5.41, 5.74) is 0. The number of hydrogen-bond donors (Lipinski definition) is 1. The zero-order chi connectivity index (χ0) is 17.6. The average Bonchev–Trinajstić information content (AvgIpc) is 2.59. The average molecular weight is 376 g/mol. The third-order valence-corrected chi connectivity index (χ3v) is 6.20. The summed E-state index contributed by atoms with van der Waals surface area (Å²) in [6.45, 7) is 2.62. The van der Waals surface area contributed by atoms with Gasteiger partial charge >= 0.3 is 0 Å². The summed E-state index contributed by atoms with van der Waals surface area (Å²) in [6, 6.07) is 6.38. The molecule has 1 aromatic carbocycles. The number of sulfonamides is 1. The minimum Gasteiger partial charge on any atom is -0.383 e. The lowest BCUT2D eigenvalue weighted by Crippen LogP contribution is -2.52. The Kier molecular flexibility index (Phi) is 7.00. The van der Waals surface area contributed by atoms with Crippen LogP contribution < -0.4 is 5.32 Å². The van der Waals surface area contributed by atoms with Gasteiger partial charge in [0.2, 0.25) is 15.9 Å². The fourth-order valence-electron chi connectivity index (χ4n) is 2.45. The molecule has 7 nitrogen and oxygen atoms in total. The van der Waals surface area contributed by atoms with Gasteiger partial charge in [-0.2, -0.15) is 4.31 Å². The number of halogens is 1. The van der Waals surface area contributed by atoms with E-state index in [0.717, 1.165) is 0 Å². The second-order valence-corrected chi connectivity index (χ2v) is 7.70. The van der Waals surface area contributed by atoms with E-state index in [1.54, 1.807) is 30.2 Å². The molecule has 1 aliphatic rings. The van der Waals surface area contributed by atoms with Crippen molar-refractivity contribution in [3.63, 3.8) is 0 Å². The maximum absolute atomic E-state index is 12.6. The van der Waals surface area contributed by atoms with Gasteiger partial charge in [-0.05, 0) is 12.1 Å². The molecule has 1 aliphatic heterocycles. The number of hydrogen-bond acceptors (Lipinski definition) is 5. The van der Waals surface area contributed by atoms with Crippen LogP contribution in [0.5, 0.6) is 0 Å². The Morgan fingerprint density at radius 2 is 1.92 bits per heavy atom. The minimum atomic E-state index is -3.63. The summed E-state index contributed by atoms with van der Waals surface area (Å²) < 4.78 is 31.6. The van der Waals surface area contributed by atoms with Crippen molar-refractivity contribution in [3.8, 4) is 0 Å². The molecule has 0 saturated carbocycles. The fourth-order valence-corrected chi connectivity index (χ4v) is 4.37. The second-order valence-electron chi connectivity index (χ2n) is 5.38. The highest BCUT2D eigenvalue weighted by atomic mass is 35.5. The molecule has 0 atom stereocenters. The van der Waals surface area contributed by atoms with E-state index in [-0.39, 0.29) is 35.5 Å². The Morgan fingerprint density at radius 1 is 1.25 bits per heavy atom. The van der Waals surface area contributed by atoms with Gasteiger partial charge in [-0.25, -0.2) is 8.42 Å². The standard InChI is InChI=1S/C15H22ClN3O4S/c1-23-11-6-17-12-15(20)18-7-9-19(10-8-18)24(21,22)14-5-3-2-4-13(14)16/h2-5,17H,6-12H2,1H3. The Hall–Kier alpha value is -1.19. The molecule has 0 radical (unpaired) electrons. The molecule has 0 aromatic heterocycles. The molecule has 1 N–H and O–H groups in total. The maximum atomic E-state index is 12.6. The summed E-state index contributed by atoms with van der Waals surface area (Å²) >= 11 is 6.00. The highest BCUT2D eigenvalue weighted by Crippen LogP contribution is 2.24. The van der Waals surface area contributed by atoms with E-state index in [4.69, 9.17) is 16.3 Å². The van der Waals surface area contributed by atoms with Crippen molar-refractivity contribution < 1.29 is 17.9 Å². The van der Waals surface area contributed by atoms with Crippen molar-refractivity contribution >= 4 is 27.5 Å². The highest BCUT2D eigenvalue weighted by Gasteiger charge is 2.31. The number of carbonyl (C=O) groups excluding carboxylic acids is 1. The Labute approximate surface area is 147 Å². The maximum Gasteiger partial charge on any atom is 0.244 e. The molecule has 0 aliphatic carbocycles. The zero-order valence-corrected chi connectivity index (χ0v) is 15.1. The van der Waals surface area contributed by atoms with Crippen LogP contribution in [0.25, 0.3) is 0 Å². The van der Waals surface area contributed by atoms with Crippen molar-refractivity contribution in [1.82, 2.24) is 14.5 Å². The van der Waals surface area contributed by atoms with Crippen molar-refractivity contribution in [2.75, 3.05) is 53.0 Å². The van der Waals surface area contributed by atoms with Crippen molar-refractivity contribution in [3.05, 3.63) is 29.3 Å². The minimum absolute atomic E-state index is 0.0408. The number of nitrogens with zero attached hydrogens (tertiary/aromatic N) is 2. The van der Waals surface area contributed by atoms with Crippen LogP contribution in [0.3, 0.4) is 0 Å². The molecule has 0 bridgehead atoms. The lowest BCUT2D eigenvalue weighted by Gasteiger charge is -2.34. The number of rotatable bonds is 7. The van der Waals surface area contributed by atoms with E-state index in [1.165, 1.54) is 10.4 Å². The molecule has 1 heterocycles. The molecule has 9 heteroatoms. The van der Waals surface area contributed by atoms with E-state index < -0.39 is 10.0 Å². The van der Waals surface area contributed by atoms with Crippen LogP contribution in [0, 0.1) is 0 Å². The normalized spacial score (nSPS) is 16.3. The van der Waals surface area contributed by atoms with Crippen LogP contribution in [0.1, 0.15) is 0 Å². The number of methoxy groups -OCH3 is 1. The summed E-state index contributed by atoms with van der Waals surface area (Å²) in [5, 5.41) is 3.20. The number of nitrogens with one attached hydrogen (secondary N) is 1. The van der Waals surface area contributed by atoms with Gasteiger partial charge in [0.05, 0.1) is 18.2 Å². The van der Waals surface area contributed by atoms with Crippen molar-refractivity contribution in [2.45, 2.75) is 4.90 Å². The smallest absolute Gasteiger partial charge is 0.244 e. The Bertz CT molecular complexity index is 660. The highest BCUT2D eigenvalue weighted by molar-refractivity contribution is 7.89. The molecule has 24 heavy (non-hydrogen) atoms. The van der Waals surface area contributed by atoms with Crippen LogP contribution >= 0.6 is 11.6 Å². The van der Waals surface area contributed by atoms with E-state index in [9.17, 15) is 13.2 Å². The fraction of sp³-hybridized carbons (Fsp3) is 0.533. The van der Waals surface area contributed by atoms with E-state index in [1.807, 2.05) is 0 Å². The molecular weight excluding hydrogens is 354 g/mol. The summed E-state index contributed by atoms with van der Waals surface area (Å²) in [5.74, 6) is -0.0408. The molecular formula is C15H22ClN3O4S. The van der Waals surface area contributed by atoms with Crippen molar-refractivity contribution in [1.29, 1.82) is 0 Å². The van der Waals surface area contributed by atoms with Crippen LogP contribution in [0.2, 0.25) is 5.02 Å². The Morgan fingerprint density at radius 3 is 2.54 bits per heavy atom. The number of benzene rings is 1. The molecule has 2 rings (SSSR count). The largest absolute Gasteiger partial charge is 0.383 e. The SMILES string of the molecule is COCCNCC(=O)N1CCN(S(=O)(=O)c2ccccc2Cl)CC1. The molecule has 1 saturated heterocycles. The molecule has 134 valence electrons. The van der Waals surface area contributed by atoms with Crippen LogP contribution in [0.15, 0.2) is 29.2 Å². The molecule has 0 unspecified atom stereocenters. The predicted molar refractivity (Wildman–Crippen MR) is 91.5 cm³/mol. The van der Waals surface area contributed by atoms with E-state index >= 15 is 0 Å². The van der Waals surface area contributed by atoms with Gasteiger partial charge in [-0.15, -0.1) is 0 Å². The van der Waals surface area contributed by atoms with Gasteiger partial charge in [0.15, 0.2) is 0 Å². The number of ether oxygens (including phenoxy) is 1. The first kappa shape index (κ1) is 19.1. The quantitative estimate of drug-likeness (QED) is 0.698. The van der Waals surface area contributed by atoms with Crippen LogP contribution in [-0.4, -0.2) is 76.5 Å². The second kappa shape index (κ2) is 8.77. The first-order valence-corrected chi connectivity index (χ1v) is 9.50. The predicted octanol–water partition coefficient (Wildman–Crippen LogP) is 0.409. The van der Waals surface area contributed by atoms with Gasteiger partial charge in [-0.3, -0.25) is 4.79 Å². The molecule has 1 fully saturated rings. The lowest BCUT2D eigenvalue weighted by atomic mass is 10.3. The third kappa shape index (κ3) is 4.67. The number of piperazine rings is 1. The Balaban J connectivity index is 1.90. The summed E-state index contributed by atoms with van der Waals surface area (Å²) in [7, 11) is -2.04. The molecule has 0 spiro atoms. The first-order valence-electron chi connectivity index (χ1n) is 7.69. The third-order valence-electron chi connectivity index (χ3n) is 3.81. The number of amides is 1.